The fourth-order valence-electron chi connectivity index (χ4n) is 2.05. The molecule has 0 fully saturated rings. The number of likely N-dealkylation sites (N-methyl/N-ethyl adjacent to an activating group) is 2. The summed E-state index contributed by atoms with van der Waals surface area (Å²) in [7, 11) is 3.19. The Labute approximate surface area is 122 Å². The molecule has 1 rings (SSSR count). The van der Waals surface area contributed by atoms with Gasteiger partial charge in [0.25, 0.3) is 5.91 Å². The maximum Gasteiger partial charge on any atom is 0.254 e. The van der Waals surface area contributed by atoms with E-state index in [1.54, 1.807) is 19.0 Å². The molecule has 0 saturated carbocycles. The predicted octanol–water partition coefficient (Wildman–Crippen LogP) is 2.68. The van der Waals surface area contributed by atoms with Gasteiger partial charge in [-0.3, -0.25) is 4.79 Å². The number of hydrogen-bond acceptors (Lipinski definition) is 2. The van der Waals surface area contributed by atoms with Crippen molar-refractivity contribution in [1.82, 2.24) is 4.90 Å². The molecule has 0 atom stereocenters. The van der Waals surface area contributed by atoms with Crippen molar-refractivity contribution >= 4 is 5.91 Å². The SMILES string of the molecule is CCCc1ccc(C(=O)N(CC)CC[N+](C)(C)[O-])cc1. The third-order valence-electron chi connectivity index (χ3n) is 3.32. The van der Waals surface area contributed by atoms with Gasteiger partial charge in [-0.2, -0.15) is 0 Å². The van der Waals surface area contributed by atoms with Crippen LogP contribution in [0.15, 0.2) is 24.3 Å². The van der Waals surface area contributed by atoms with Crippen molar-refractivity contribution in [3.8, 4) is 0 Å². The zero-order chi connectivity index (χ0) is 15.2. The van der Waals surface area contributed by atoms with Crippen LogP contribution in [0.5, 0.6) is 0 Å². The Bertz CT molecular complexity index is 421. The van der Waals surface area contributed by atoms with Crippen molar-refractivity contribution in [1.29, 1.82) is 0 Å². The molecule has 0 saturated heterocycles. The minimum atomic E-state index is -0.376. The topological polar surface area (TPSA) is 43.4 Å². The van der Waals surface area contributed by atoms with Gasteiger partial charge in [0, 0.05) is 12.1 Å². The first-order chi connectivity index (χ1) is 9.37. The average molecular weight is 278 g/mol. The summed E-state index contributed by atoms with van der Waals surface area (Å²) in [5.74, 6) is 0.00370. The first-order valence-corrected chi connectivity index (χ1v) is 7.29. The molecule has 4 nitrogen and oxygen atoms in total. The molecule has 1 aromatic rings. The van der Waals surface area contributed by atoms with Crippen LogP contribution >= 0.6 is 0 Å². The highest BCUT2D eigenvalue weighted by Crippen LogP contribution is 2.10. The predicted molar refractivity (Wildman–Crippen MR) is 82.4 cm³/mol. The lowest BCUT2D eigenvalue weighted by Gasteiger charge is -2.35. The Hall–Kier alpha value is -1.39. The number of carbonyl (C=O) groups excluding carboxylic acids is 1. The van der Waals surface area contributed by atoms with Crippen molar-refractivity contribution < 1.29 is 9.44 Å². The highest BCUT2D eigenvalue weighted by atomic mass is 16.5. The van der Waals surface area contributed by atoms with Gasteiger partial charge in [-0.25, -0.2) is 0 Å². The van der Waals surface area contributed by atoms with E-state index in [-0.39, 0.29) is 10.6 Å². The molecule has 0 radical (unpaired) electrons. The Morgan fingerprint density at radius 2 is 1.80 bits per heavy atom. The van der Waals surface area contributed by atoms with E-state index in [2.05, 4.69) is 6.92 Å². The van der Waals surface area contributed by atoms with Crippen molar-refractivity contribution in [3.63, 3.8) is 0 Å². The zero-order valence-corrected chi connectivity index (χ0v) is 13.1. The normalized spacial score (nSPS) is 11.4. The van der Waals surface area contributed by atoms with Crippen molar-refractivity contribution in [2.75, 3.05) is 33.7 Å². The number of nitrogens with zero attached hydrogens (tertiary/aromatic N) is 2. The molecule has 20 heavy (non-hydrogen) atoms. The second kappa shape index (κ2) is 7.41. The van der Waals surface area contributed by atoms with E-state index < -0.39 is 0 Å². The van der Waals surface area contributed by atoms with E-state index in [0.717, 1.165) is 12.8 Å². The fourth-order valence-corrected chi connectivity index (χ4v) is 2.05. The van der Waals surface area contributed by atoms with Crippen LogP contribution in [-0.2, 0) is 6.42 Å². The number of aryl methyl sites for hydroxylation is 1. The third kappa shape index (κ3) is 5.31. The van der Waals surface area contributed by atoms with E-state index in [1.165, 1.54) is 5.56 Å². The summed E-state index contributed by atoms with van der Waals surface area (Å²) in [5.41, 5.74) is 1.95. The van der Waals surface area contributed by atoms with Gasteiger partial charge in [-0.15, -0.1) is 0 Å². The number of hydroxylamine groups is 3. The molecule has 1 amide bonds. The molecular formula is C16H26N2O2. The van der Waals surface area contributed by atoms with Gasteiger partial charge in [0.1, 0.15) is 0 Å². The van der Waals surface area contributed by atoms with Gasteiger partial charge < -0.3 is 14.8 Å². The van der Waals surface area contributed by atoms with Crippen molar-refractivity contribution in [2.45, 2.75) is 26.7 Å². The molecule has 0 aliphatic carbocycles. The number of rotatable bonds is 7. The molecule has 0 spiro atoms. The Morgan fingerprint density at radius 3 is 2.25 bits per heavy atom. The second-order valence-electron chi connectivity index (χ2n) is 5.63. The summed E-state index contributed by atoms with van der Waals surface area (Å²) in [6.07, 6.45) is 2.14. The van der Waals surface area contributed by atoms with Crippen molar-refractivity contribution in [2.24, 2.45) is 0 Å². The van der Waals surface area contributed by atoms with Crippen LogP contribution in [0.3, 0.4) is 0 Å². The lowest BCUT2D eigenvalue weighted by molar-refractivity contribution is -0.839. The monoisotopic (exact) mass is 278 g/mol. The smallest absolute Gasteiger partial charge is 0.254 e. The van der Waals surface area contributed by atoms with E-state index >= 15 is 0 Å². The first kappa shape index (κ1) is 16.7. The maximum absolute atomic E-state index is 12.4. The number of amides is 1. The van der Waals surface area contributed by atoms with Gasteiger partial charge in [0.15, 0.2) is 0 Å². The lowest BCUT2D eigenvalue weighted by Crippen LogP contribution is -2.42. The van der Waals surface area contributed by atoms with Crippen LogP contribution in [0.25, 0.3) is 0 Å². The highest BCUT2D eigenvalue weighted by Gasteiger charge is 2.16. The van der Waals surface area contributed by atoms with Crippen LogP contribution < -0.4 is 0 Å². The molecule has 1 aromatic carbocycles. The molecule has 0 N–H and O–H groups in total. The summed E-state index contributed by atoms with van der Waals surface area (Å²) in [5, 5.41) is 11.6. The molecular weight excluding hydrogens is 252 g/mol. The van der Waals surface area contributed by atoms with E-state index in [0.29, 0.717) is 25.2 Å². The zero-order valence-electron chi connectivity index (χ0n) is 13.1. The Balaban J connectivity index is 2.70. The van der Waals surface area contributed by atoms with Crippen molar-refractivity contribution in [3.05, 3.63) is 40.6 Å². The van der Waals surface area contributed by atoms with E-state index in [1.807, 2.05) is 31.2 Å². The maximum atomic E-state index is 12.4. The number of quaternary nitrogens is 1. The third-order valence-corrected chi connectivity index (χ3v) is 3.32. The van der Waals surface area contributed by atoms with Gasteiger partial charge in [0.2, 0.25) is 0 Å². The van der Waals surface area contributed by atoms with Gasteiger partial charge in [-0.05, 0) is 31.0 Å². The van der Waals surface area contributed by atoms with Crippen LogP contribution in [0.4, 0.5) is 0 Å². The second-order valence-corrected chi connectivity index (χ2v) is 5.63. The van der Waals surface area contributed by atoms with Crippen LogP contribution in [0, 0.1) is 5.21 Å². The largest absolute Gasteiger partial charge is 0.633 e. The summed E-state index contributed by atoms with van der Waals surface area (Å²) < 4.78 is -0.376. The van der Waals surface area contributed by atoms with Crippen LogP contribution in [0.1, 0.15) is 36.2 Å². The molecule has 0 aromatic heterocycles. The number of hydrogen-bond donors (Lipinski definition) is 0. The highest BCUT2D eigenvalue weighted by molar-refractivity contribution is 5.94. The minimum absolute atomic E-state index is 0.00370. The minimum Gasteiger partial charge on any atom is -0.633 e. The average Bonchev–Trinajstić information content (AvgIpc) is 2.39. The summed E-state index contributed by atoms with van der Waals surface area (Å²) >= 11 is 0. The van der Waals surface area contributed by atoms with Gasteiger partial charge in [0.05, 0.1) is 27.2 Å². The molecule has 112 valence electrons. The van der Waals surface area contributed by atoms with Crippen LogP contribution in [0.2, 0.25) is 0 Å². The molecule has 0 aliphatic rings. The molecule has 0 heterocycles. The number of benzene rings is 1. The molecule has 0 bridgehead atoms. The van der Waals surface area contributed by atoms with Crippen LogP contribution in [-0.4, -0.2) is 49.2 Å². The Morgan fingerprint density at radius 1 is 1.20 bits per heavy atom. The molecule has 4 heteroatoms. The van der Waals surface area contributed by atoms with E-state index in [4.69, 9.17) is 0 Å². The number of carbonyl (C=O) groups is 1. The fraction of sp³-hybridized carbons (Fsp3) is 0.562. The van der Waals surface area contributed by atoms with Gasteiger partial charge in [-0.1, -0.05) is 25.5 Å². The standard InChI is InChI=1S/C16H26N2O2/c1-5-7-14-8-10-15(11-9-14)16(19)17(6-2)12-13-18(3,4)20/h8-11H,5-7,12-13H2,1-4H3. The summed E-state index contributed by atoms with van der Waals surface area (Å²) in [6.45, 7) is 5.60. The summed E-state index contributed by atoms with van der Waals surface area (Å²) in [4.78, 5) is 14.1. The first-order valence-electron chi connectivity index (χ1n) is 7.29. The molecule has 0 unspecified atom stereocenters. The summed E-state index contributed by atoms with van der Waals surface area (Å²) in [6, 6.07) is 7.79. The quantitative estimate of drug-likeness (QED) is 0.568. The Kier molecular flexibility index (Phi) is 6.17. The molecule has 0 aliphatic heterocycles. The van der Waals surface area contributed by atoms with E-state index in [9.17, 15) is 10.0 Å². The lowest BCUT2D eigenvalue weighted by atomic mass is 10.1. The van der Waals surface area contributed by atoms with Gasteiger partial charge >= 0.3 is 0 Å².